The molecule has 1 rings (SSSR count). The van der Waals surface area contributed by atoms with Gasteiger partial charge in [-0.2, -0.15) is 25.3 Å². The number of nitrogens with two attached hydrogens (primary N) is 1. The maximum atomic E-state index is 12.5. The summed E-state index contributed by atoms with van der Waals surface area (Å²) >= 11 is 8.08. The third-order valence-corrected chi connectivity index (χ3v) is 4.67. The maximum absolute atomic E-state index is 12.5. The number of nitrogens with one attached hydrogen (secondary N) is 3. The number of amides is 3. The highest BCUT2D eigenvalue weighted by Crippen LogP contribution is 2.04. The number of thiol groups is 2. The Kier molecular flexibility index (Phi) is 10.6. The van der Waals surface area contributed by atoms with Crippen molar-refractivity contribution in [3.63, 3.8) is 0 Å². The Labute approximate surface area is 180 Å². The topological polar surface area (TPSA) is 151 Å². The Hall–Kier alpha value is -2.24. The average Bonchev–Trinajstić information content (AvgIpc) is 2.69. The Balaban J connectivity index is 2.76. The molecule has 0 saturated carbocycles. The zero-order valence-corrected chi connectivity index (χ0v) is 17.7. The van der Waals surface area contributed by atoms with Gasteiger partial charge in [0.05, 0.1) is 6.04 Å². The summed E-state index contributed by atoms with van der Waals surface area (Å²) in [5.74, 6) is -3.19. The van der Waals surface area contributed by atoms with Crippen LogP contribution in [0.4, 0.5) is 0 Å². The van der Waals surface area contributed by atoms with Crippen LogP contribution in [-0.4, -0.2) is 64.5 Å². The van der Waals surface area contributed by atoms with Gasteiger partial charge in [0.15, 0.2) is 0 Å². The van der Waals surface area contributed by atoms with Crippen LogP contribution in [-0.2, 0) is 25.6 Å². The fraction of sp³-hybridized carbons (Fsp3) is 0.444. The van der Waals surface area contributed by atoms with E-state index in [-0.39, 0.29) is 17.9 Å². The second-order valence-electron chi connectivity index (χ2n) is 6.37. The highest BCUT2D eigenvalue weighted by atomic mass is 32.1. The minimum Gasteiger partial charge on any atom is -0.480 e. The molecule has 160 valence electrons. The molecule has 0 heterocycles. The molecular formula is C18H26N4O5S2. The van der Waals surface area contributed by atoms with Gasteiger partial charge in [-0.05, 0) is 12.5 Å². The number of carboxylic acid groups (broad SMARTS) is 1. The molecule has 11 heteroatoms. The van der Waals surface area contributed by atoms with Crippen molar-refractivity contribution in [1.29, 1.82) is 0 Å². The van der Waals surface area contributed by atoms with Gasteiger partial charge in [-0.25, -0.2) is 4.79 Å². The van der Waals surface area contributed by atoms with Crippen molar-refractivity contribution in [3.8, 4) is 0 Å². The first-order chi connectivity index (χ1) is 13.7. The van der Waals surface area contributed by atoms with Gasteiger partial charge in [-0.1, -0.05) is 30.3 Å². The van der Waals surface area contributed by atoms with Crippen molar-refractivity contribution in [2.75, 3.05) is 11.5 Å². The smallest absolute Gasteiger partial charge is 0.326 e. The van der Waals surface area contributed by atoms with Gasteiger partial charge in [0, 0.05) is 17.9 Å². The van der Waals surface area contributed by atoms with E-state index in [1.54, 1.807) is 30.3 Å². The fourth-order valence-electron chi connectivity index (χ4n) is 2.29. The van der Waals surface area contributed by atoms with Crippen molar-refractivity contribution in [2.45, 2.75) is 37.5 Å². The van der Waals surface area contributed by atoms with Crippen LogP contribution in [0.2, 0.25) is 0 Å². The van der Waals surface area contributed by atoms with E-state index in [1.807, 2.05) is 0 Å². The number of benzene rings is 1. The molecule has 0 radical (unpaired) electrons. The minimum atomic E-state index is -1.20. The molecule has 0 fully saturated rings. The van der Waals surface area contributed by atoms with Crippen LogP contribution < -0.4 is 21.7 Å². The highest BCUT2D eigenvalue weighted by Gasteiger charge is 2.28. The summed E-state index contributed by atoms with van der Waals surface area (Å²) in [5.41, 5.74) is 6.20. The summed E-state index contributed by atoms with van der Waals surface area (Å²) in [5, 5.41) is 16.7. The van der Waals surface area contributed by atoms with Crippen molar-refractivity contribution in [2.24, 2.45) is 5.73 Å². The van der Waals surface area contributed by atoms with E-state index in [9.17, 15) is 24.3 Å². The lowest BCUT2D eigenvalue weighted by molar-refractivity contribution is -0.142. The Morgan fingerprint density at radius 1 is 0.897 bits per heavy atom. The number of carboxylic acids is 1. The molecule has 1 aromatic carbocycles. The second kappa shape index (κ2) is 12.3. The zero-order valence-electron chi connectivity index (χ0n) is 15.9. The maximum Gasteiger partial charge on any atom is 0.326 e. The number of hydrogen-bond donors (Lipinski definition) is 7. The molecule has 1 aromatic rings. The van der Waals surface area contributed by atoms with Crippen LogP contribution in [0.5, 0.6) is 0 Å². The monoisotopic (exact) mass is 442 g/mol. The van der Waals surface area contributed by atoms with Crippen LogP contribution in [0.3, 0.4) is 0 Å². The number of hydrogen-bond acceptors (Lipinski definition) is 7. The lowest BCUT2D eigenvalue weighted by Crippen LogP contribution is -2.58. The molecule has 9 nitrogen and oxygen atoms in total. The van der Waals surface area contributed by atoms with Crippen LogP contribution >= 0.6 is 25.3 Å². The predicted octanol–water partition coefficient (Wildman–Crippen LogP) is -1.03. The number of rotatable bonds is 11. The molecule has 4 unspecified atom stereocenters. The second-order valence-corrected chi connectivity index (χ2v) is 7.10. The highest BCUT2D eigenvalue weighted by molar-refractivity contribution is 7.80. The molecule has 0 aliphatic carbocycles. The van der Waals surface area contributed by atoms with Crippen molar-refractivity contribution in [1.82, 2.24) is 16.0 Å². The Bertz CT molecular complexity index is 717. The van der Waals surface area contributed by atoms with Gasteiger partial charge in [0.25, 0.3) is 0 Å². The van der Waals surface area contributed by atoms with Crippen LogP contribution in [0.1, 0.15) is 12.5 Å². The predicted molar refractivity (Wildman–Crippen MR) is 115 cm³/mol. The first-order valence-corrected chi connectivity index (χ1v) is 10.1. The quantitative estimate of drug-likeness (QED) is 0.218. The van der Waals surface area contributed by atoms with E-state index in [4.69, 9.17) is 5.73 Å². The molecular weight excluding hydrogens is 416 g/mol. The Morgan fingerprint density at radius 3 is 1.76 bits per heavy atom. The molecule has 0 aliphatic rings. The molecule has 29 heavy (non-hydrogen) atoms. The lowest BCUT2D eigenvalue weighted by Gasteiger charge is -2.23. The third kappa shape index (κ3) is 8.34. The summed E-state index contributed by atoms with van der Waals surface area (Å²) in [7, 11) is 0. The fourth-order valence-corrected chi connectivity index (χ4v) is 2.80. The first-order valence-electron chi connectivity index (χ1n) is 8.84. The standard InChI is InChI=1S/C18H26N4O5S2/c1-10(19)15(23)21-13(8-28)17(25)22-14(9-29)16(24)20-12(18(26)27)7-11-5-3-2-4-6-11/h2-6,10,12-14,28-29H,7-9,19H2,1H3,(H,20,24)(H,21,23)(H,22,25)(H,26,27). The van der Waals surface area contributed by atoms with E-state index in [0.717, 1.165) is 5.56 Å². The number of carbonyl (C=O) groups excluding carboxylic acids is 3. The van der Waals surface area contributed by atoms with Crippen LogP contribution in [0.15, 0.2) is 30.3 Å². The zero-order chi connectivity index (χ0) is 22.0. The molecule has 4 atom stereocenters. The summed E-state index contributed by atoms with van der Waals surface area (Å²) in [4.78, 5) is 48.1. The number of carbonyl (C=O) groups is 4. The van der Waals surface area contributed by atoms with Gasteiger partial charge in [-0.3, -0.25) is 14.4 Å². The molecule has 0 aromatic heterocycles. The van der Waals surface area contributed by atoms with E-state index < -0.39 is 47.9 Å². The van der Waals surface area contributed by atoms with Gasteiger partial charge >= 0.3 is 5.97 Å². The van der Waals surface area contributed by atoms with Gasteiger partial charge in [0.2, 0.25) is 17.7 Å². The van der Waals surface area contributed by atoms with Crippen molar-refractivity contribution in [3.05, 3.63) is 35.9 Å². The number of aliphatic carboxylic acids is 1. The van der Waals surface area contributed by atoms with E-state index >= 15 is 0 Å². The first kappa shape index (κ1) is 24.8. The van der Waals surface area contributed by atoms with Crippen LogP contribution in [0.25, 0.3) is 0 Å². The molecule has 0 bridgehead atoms. The van der Waals surface area contributed by atoms with Gasteiger partial charge in [-0.15, -0.1) is 0 Å². The minimum absolute atomic E-state index is 0.0169. The summed E-state index contributed by atoms with van der Waals surface area (Å²) in [6.07, 6.45) is 0.0822. The summed E-state index contributed by atoms with van der Waals surface area (Å²) in [6, 6.07) is 4.72. The van der Waals surface area contributed by atoms with E-state index in [2.05, 4.69) is 41.2 Å². The van der Waals surface area contributed by atoms with E-state index in [1.165, 1.54) is 6.92 Å². The van der Waals surface area contributed by atoms with Gasteiger partial charge in [0.1, 0.15) is 18.1 Å². The average molecular weight is 443 g/mol. The lowest BCUT2D eigenvalue weighted by atomic mass is 10.1. The molecule has 6 N–H and O–H groups in total. The SMILES string of the molecule is CC(N)C(=O)NC(CS)C(=O)NC(CS)C(=O)NC(Cc1ccccc1)C(=O)O. The molecule has 3 amide bonds. The third-order valence-electron chi connectivity index (χ3n) is 3.94. The summed E-state index contributed by atoms with van der Waals surface area (Å²) < 4.78 is 0. The summed E-state index contributed by atoms with van der Waals surface area (Å²) in [6.45, 7) is 1.46. The Morgan fingerprint density at radius 2 is 1.34 bits per heavy atom. The normalized spacial score (nSPS) is 14.8. The molecule has 0 spiro atoms. The van der Waals surface area contributed by atoms with Crippen molar-refractivity contribution < 1.29 is 24.3 Å². The van der Waals surface area contributed by atoms with Crippen molar-refractivity contribution >= 4 is 48.9 Å². The van der Waals surface area contributed by atoms with Gasteiger partial charge < -0.3 is 26.8 Å². The van der Waals surface area contributed by atoms with Crippen LogP contribution in [0, 0.1) is 0 Å². The largest absolute Gasteiger partial charge is 0.480 e. The van der Waals surface area contributed by atoms with E-state index in [0.29, 0.717) is 0 Å². The molecule has 0 saturated heterocycles. The molecule has 0 aliphatic heterocycles.